The zero-order valence-electron chi connectivity index (χ0n) is 10.4. The van der Waals surface area contributed by atoms with E-state index in [0.717, 1.165) is 37.3 Å². The fourth-order valence-corrected chi connectivity index (χ4v) is 2.25. The summed E-state index contributed by atoms with van der Waals surface area (Å²) in [4.78, 5) is 14.1. The van der Waals surface area contributed by atoms with Gasteiger partial charge in [-0.25, -0.2) is 0 Å². The third kappa shape index (κ3) is 2.42. The van der Waals surface area contributed by atoms with Gasteiger partial charge in [-0.2, -0.15) is 0 Å². The van der Waals surface area contributed by atoms with Crippen LogP contribution in [0.3, 0.4) is 0 Å². The summed E-state index contributed by atoms with van der Waals surface area (Å²) in [5.41, 5.74) is 3.00. The van der Waals surface area contributed by atoms with Crippen LogP contribution in [0.15, 0.2) is 18.2 Å². The molecule has 17 heavy (non-hydrogen) atoms. The number of hydrogen-bond acceptors (Lipinski definition) is 3. The predicted molar refractivity (Wildman–Crippen MR) is 69.7 cm³/mol. The number of hydrogen-bond donors (Lipinski definition) is 2. The first-order valence-corrected chi connectivity index (χ1v) is 6.01. The van der Waals surface area contributed by atoms with Gasteiger partial charge < -0.3 is 15.5 Å². The van der Waals surface area contributed by atoms with Crippen molar-refractivity contribution in [3.8, 4) is 0 Å². The summed E-state index contributed by atoms with van der Waals surface area (Å²) >= 11 is 0. The number of benzene rings is 1. The first kappa shape index (κ1) is 11.9. The summed E-state index contributed by atoms with van der Waals surface area (Å²) in [6.45, 7) is 6.02. The third-order valence-electron chi connectivity index (χ3n) is 3.23. The van der Waals surface area contributed by atoms with E-state index in [4.69, 9.17) is 0 Å². The summed E-state index contributed by atoms with van der Waals surface area (Å²) < 4.78 is 0. The molecule has 1 heterocycles. The van der Waals surface area contributed by atoms with Crippen molar-refractivity contribution in [3.05, 3.63) is 29.3 Å². The Kier molecular flexibility index (Phi) is 3.64. The number of rotatable bonds is 2. The van der Waals surface area contributed by atoms with Crippen molar-refractivity contribution in [2.75, 3.05) is 38.1 Å². The zero-order valence-corrected chi connectivity index (χ0v) is 10.4. The van der Waals surface area contributed by atoms with Crippen LogP contribution in [0.25, 0.3) is 0 Å². The zero-order chi connectivity index (χ0) is 12.3. The molecule has 1 saturated heterocycles. The van der Waals surface area contributed by atoms with Crippen molar-refractivity contribution in [3.63, 3.8) is 0 Å². The van der Waals surface area contributed by atoms with Crippen molar-refractivity contribution in [2.24, 2.45) is 0 Å². The number of nitrogens with one attached hydrogen (secondary N) is 2. The Morgan fingerprint density at radius 3 is 2.71 bits per heavy atom. The molecule has 0 radical (unpaired) electrons. The van der Waals surface area contributed by atoms with E-state index in [0.29, 0.717) is 0 Å². The van der Waals surface area contributed by atoms with Gasteiger partial charge >= 0.3 is 0 Å². The topological polar surface area (TPSA) is 44.4 Å². The number of nitrogens with zero attached hydrogens (tertiary/aromatic N) is 1. The molecule has 4 nitrogen and oxygen atoms in total. The molecule has 2 rings (SSSR count). The fourth-order valence-electron chi connectivity index (χ4n) is 2.25. The second-order valence-corrected chi connectivity index (χ2v) is 4.27. The van der Waals surface area contributed by atoms with Gasteiger partial charge in [-0.15, -0.1) is 0 Å². The van der Waals surface area contributed by atoms with Gasteiger partial charge in [-0.1, -0.05) is 6.07 Å². The molecule has 1 aromatic rings. The molecule has 0 aromatic heterocycles. The normalized spacial score (nSPS) is 15.8. The smallest absolute Gasteiger partial charge is 0.251 e. The minimum Gasteiger partial charge on any atom is -0.369 e. The third-order valence-corrected chi connectivity index (χ3v) is 3.23. The van der Waals surface area contributed by atoms with Gasteiger partial charge in [0.05, 0.1) is 0 Å². The van der Waals surface area contributed by atoms with Crippen LogP contribution in [0.2, 0.25) is 0 Å². The lowest BCUT2D eigenvalue weighted by Gasteiger charge is -2.31. The Morgan fingerprint density at radius 2 is 2.06 bits per heavy atom. The molecule has 2 N–H and O–H groups in total. The number of carbonyl (C=O) groups excluding carboxylic acids is 1. The van der Waals surface area contributed by atoms with Gasteiger partial charge in [-0.3, -0.25) is 4.79 Å². The van der Waals surface area contributed by atoms with Crippen molar-refractivity contribution in [1.29, 1.82) is 0 Å². The minimum absolute atomic E-state index is 0.0144. The van der Waals surface area contributed by atoms with Crippen LogP contribution in [-0.4, -0.2) is 39.1 Å². The second-order valence-electron chi connectivity index (χ2n) is 4.27. The molecule has 0 atom stereocenters. The highest BCUT2D eigenvalue weighted by Gasteiger charge is 2.16. The summed E-state index contributed by atoms with van der Waals surface area (Å²) in [5.74, 6) is -0.0144. The SMILES string of the molecule is CNC(=O)c1cccc(N2CCNCC2)c1C. The highest BCUT2D eigenvalue weighted by Crippen LogP contribution is 2.23. The lowest BCUT2D eigenvalue weighted by atomic mass is 10.0. The van der Waals surface area contributed by atoms with Crippen molar-refractivity contribution < 1.29 is 4.79 Å². The second kappa shape index (κ2) is 5.19. The first-order chi connectivity index (χ1) is 8.24. The minimum atomic E-state index is -0.0144. The molecule has 0 unspecified atom stereocenters. The standard InChI is InChI=1S/C13H19N3O/c1-10-11(13(17)14-2)4-3-5-12(10)16-8-6-15-7-9-16/h3-5,15H,6-9H2,1-2H3,(H,14,17). The van der Waals surface area contributed by atoms with Crippen LogP contribution in [-0.2, 0) is 0 Å². The molecular formula is C13H19N3O. The summed E-state index contributed by atoms with van der Waals surface area (Å²) in [6.07, 6.45) is 0. The molecule has 1 aliphatic rings. The van der Waals surface area contributed by atoms with Crippen LogP contribution >= 0.6 is 0 Å². The highest BCUT2D eigenvalue weighted by atomic mass is 16.1. The Balaban J connectivity index is 2.31. The van der Waals surface area contributed by atoms with Crippen LogP contribution in [0, 0.1) is 6.92 Å². The van der Waals surface area contributed by atoms with Crippen molar-refractivity contribution in [1.82, 2.24) is 10.6 Å². The summed E-state index contributed by atoms with van der Waals surface area (Å²) in [6, 6.07) is 5.92. The summed E-state index contributed by atoms with van der Waals surface area (Å²) in [7, 11) is 1.67. The molecular weight excluding hydrogens is 214 g/mol. The first-order valence-electron chi connectivity index (χ1n) is 6.01. The average Bonchev–Trinajstić information content (AvgIpc) is 2.39. The predicted octanol–water partition coefficient (Wildman–Crippen LogP) is 0.764. The monoisotopic (exact) mass is 233 g/mol. The highest BCUT2D eigenvalue weighted by molar-refractivity contribution is 5.96. The van der Waals surface area contributed by atoms with Gasteiger partial charge in [-0.05, 0) is 24.6 Å². The lowest BCUT2D eigenvalue weighted by Crippen LogP contribution is -2.44. The van der Waals surface area contributed by atoms with Crippen molar-refractivity contribution in [2.45, 2.75) is 6.92 Å². The molecule has 1 aliphatic heterocycles. The average molecular weight is 233 g/mol. The molecule has 0 aliphatic carbocycles. The molecule has 1 aromatic carbocycles. The van der Waals surface area contributed by atoms with Crippen LogP contribution in [0.4, 0.5) is 5.69 Å². The number of anilines is 1. The van der Waals surface area contributed by atoms with Crippen LogP contribution < -0.4 is 15.5 Å². The van der Waals surface area contributed by atoms with Crippen LogP contribution in [0.5, 0.6) is 0 Å². The Labute approximate surface area is 102 Å². The van der Waals surface area contributed by atoms with E-state index in [1.54, 1.807) is 7.05 Å². The largest absolute Gasteiger partial charge is 0.369 e. The van der Waals surface area contributed by atoms with E-state index >= 15 is 0 Å². The lowest BCUT2D eigenvalue weighted by molar-refractivity contribution is 0.0962. The van der Waals surface area contributed by atoms with E-state index < -0.39 is 0 Å². The summed E-state index contributed by atoms with van der Waals surface area (Å²) in [5, 5.41) is 6.01. The molecule has 4 heteroatoms. The van der Waals surface area contributed by atoms with E-state index in [-0.39, 0.29) is 5.91 Å². The molecule has 0 bridgehead atoms. The van der Waals surface area contributed by atoms with Crippen molar-refractivity contribution >= 4 is 11.6 Å². The van der Waals surface area contributed by atoms with Gasteiger partial charge in [0.2, 0.25) is 0 Å². The fraction of sp³-hybridized carbons (Fsp3) is 0.462. The molecule has 1 amide bonds. The van der Waals surface area contributed by atoms with Gasteiger partial charge in [0.25, 0.3) is 5.91 Å². The quantitative estimate of drug-likeness (QED) is 0.793. The van der Waals surface area contributed by atoms with E-state index in [9.17, 15) is 4.79 Å². The Hall–Kier alpha value is -1.55. The van der Waals surface area contributed by atoms with Gasteiger partial charge in [0.15, 0.2) is 0 Å². The maximum absolute atomic E-state index is 11.7. The Morgan fingerprint density at radius 1 is 1.35 bits per heavy atom. The molecule has 1 fully saturated rings. The maximum atomic E-state index is 11.7. The molecule has 0 saturated carbocycles. The van der Waals surface area contributed by atoms with Gasteiger partial charge in [0, 0.05) is 44.5 Å². The van der Waals surface area contributed by atoms with E-state index in [2.05, 4.69) is 21.6 Å². The number of amides is 1. The van der Waals surface area contributed by atoms with Gasteiger partial charge in [0.1, 0.15) is 0 Å². The van der Waals surface area contributed by atoms with E-state index in [1.807, 2.05) is 19.1 Å². The molecule has 92 valence electrons. The number of carbonyl (C=O) groups is 1. The van der Waals surface area contributed by atoms with Crippen LogP contribution in [0.1, 0.15) is 15.9 Å². The number of piperazine rings is 1. The van der Waals surface area contributed by atoms with E-state index in [1.165, 1.54) is 5.69 Å². The maximum Gasteiger partial charge on any atom is 0.251 e. The molecule has 0 spiro atoms. The Bertz CT molecular complexity index is 411.